The molecule has 0 saturated carbocycles. The Bertz CT molecular complexity index is 612. The highest BCUT2D eigenvalue weighted by Gasteiger charge is 2.13. The number of amides is 2. The van der Waals surface area contributed by atoms with Gasteiger partial charge in [0.1, 0.15) is 0 Å². The van der Waals surface area contributed by atoms with Crippen molar-refractivity contribution in [2.24, 2.45) is 0 Å². The lowest BCUT2D eigenvalue weighted by Gasteiger charge is -2.12. The number of hydrogen-bond acceptors (Lipinski definition) is 3. The first-order valence-corrected chi connectivity index (χ1v) is 7.46. The summed E-state index contributed by atoms with van der Waals surface area (Å²) in [6.45, 7) is 0.478. The van der Waals surface area contributed by atoms with Gasteiger partial charge in [-0.2, -0.15) is 5.26 Å². The maximum Gasteiger partial charge on any atom is 0.313 e. The Hall–Kier alpha value is -2.61. The zero-order valence-electron chi connectivity index (χ0n) is 12.4. The van der Waals surface area contributed by atoms with Gasteiger partial charge in [0.15, 0.2) is 0 Å². The van der Waals surface area contributed by atoms with Crippen LogP contribution in [0.5, 0.6) is 0 Å². The standard InChI is InChI=1S/C17H19N3O2/c18-12-14-6-8-15(9-7-14)20-17(22)16(21)19-11-10-13-4-2-1-3-5-13/h4,6-9H,1-3,5,10-11H2,(H,19,21)(H,20,22). The van der Waals surface area contributed by atoms with Crippen LogP contribution in [0.3, 0.4) is 0 Å². The normalized spacial score (nSPS) is 13.7. The minimum atomic E-state index is -0.692. The van der Waals surface area contributed by atoms with Crippen LogP contribution in [0.15, 0.2) is 35.9 Å². The van der Waals surface area contributed by atoms with E-state index in [4.69, 9.17) is 5.26 Å². The Balaban J connectivity index is 1.75. The van der Waals surface area contributed by atoms with Gasteiger partial charge in [0.05, 0.1) is 11.6 Å². The van der Waals surface area contributed by atoms with E-state index in [0.29, 0.717) is 17.8 Å². The van der Waals surface area contributed by atoms with E-state index in [1.165, 1.54) is 18.4 Å². The highest BCUT2D eigenvalue weighted by molar-refractivity contribution is 6.39. The van der Waals surface area contributed by atoms with E-state index >= 15 is 0 Å². The largest absolute Gasteiger partial charge is 0.348 e. The van der Waals surface area contributed by atoms with E-state index < -0.39 is 11.8 Å². The van der Waals surface area contributed by atoms with Gasteiger partial charge in [0.25, 0.3) is 0 Å². The summed E-state index contributed by atoms with van der Waals surface area (Å²) in [6, 6.07) is 8.35. The van der Waals surface area contributed by atoms with Crippen molar-refractivity contribution in [1.82, 2.24) is 5.32 Å². The first kappa shape index (κ1) is 15.8. The van der Waals surface area contributed by atoms with Crippen LogP contribution in [0.2, 0.25) is 0 Å². The van der Waals surface area contributed by atoms with Crippen LogP contribution >= 0.6 is 0 Å². The lowest BCUT2D eigenvalue weighted by molar-refractivity contribution is -0.136. The first-order chi connectivity index (χ1) is 10.7. The highest BCUT2D eigenvalue weighted by Crippen LogP contribution is 2.19. The van der Waals surface area contributed by atoms with Crippen LogP contribution < -0.4 is 10.6 Å². The van der Waals surface area contributed by atoms with E-state index in [-0.39, 0.29) is 0 Å². The maximum atomic E-state index is 11.7. The fraction of sp³-hybridized carbons (Fsp3) is 0.353. The Kier molecular flexibility index (Phi) is 5.73. The number of nitrogens with zero attached hydrogens (tertiary/aromatic N) is 1. The average molecular weight is 297 g/mol. The van der Waals surface area contributed by atoms with Gasteiger partial charge in [0.2, 0.25) is 0 Å². The molecular weight excluding hydrogens is 278 g/mol. The van der Waals surface area contributed by atoms with Gasteiger partial charge in [-0.1, -0.05) is 11.6 Å². The average Bonchev–Trinajstić information content (AvgIpc) is 2.56. The number of nitriles is 1. The summed E-state index contributed by atoms with van der Waals surface area (Å²) < 4.78 is 0. The summed E-state index contributed by atoms with van der Waals surface area (Å²) >= 11 is 0. The fourth-order valence-corrected chi connectivity index (χ4v) is 2.36. The zero-order chi connectivity index (χ0) is 15.8. The van der Waals surface area contributed by atoms with Crippen LogP contribution in [0.25, 0.3) is 0 Å². The number of carbonyl (C=O) groups is 2. The van der Waals surface area contributed by atoms with Crippen LogP contribution in [0, 0.1) is 11.3 Å². The summed E-state index contributed by atoms with van der Waals surface area (Å²) in [5.74, 6) is -1.33. The third-order valence-electron chi connectivity index (χ3n) is 3.59. The predicted molar refractivity (Wildman–Crippen MR) is 84.0 cm³/mol. The third-order valence-corrected chi connectivity index (χ3v) is 3.59. The van der Waals surface area contributed by atoms with Crippen molar-refractivity contribution >= 4 is 17.5 Å². The fourth-order valence-electron chi connectivity index (χ4n) is 2.36. The Morgan fingerprint density at radius 2 is 1.91 bits per heavy atom. The molecule has 0 unspecified atom stereocenters. The van der Waals surface area contributed by atoms with E-state index in [1.54, 1.807) is 24.3 Å². The van der Waals surface area contributed by atoms with E-state index in [2.05, 4.69) is 16.7 Å². The smallest absolute Gasteiger partial charge is 0.313 e. The first-order valence-electron chi connectivity index (χ1n) is 7.46. The predicted octanol–water partition coefficient (Wildman–Crippen LogP) is 2.50. The van der Waals surface area contributed by atoms with Crippen molar-refractivity contribution in [2.45, 2.75) is 32.1 Å². The lowest BCUT2D eigenvalue weighted by Crippen LogP contribution is -2.36. The van der Waals surface area contributed by atoms with Crippen molar-refractivity contribution in [1.29, 1.82) is 5.26 Å². The van der Waals surface area contributed by atoms with Gasteiger partial charge < -0.3 is 10.6 Å². The number of rotatable bonds is 4. The van der Waals surface area contributed by atoms with Gasteiger partial charge in [0, 0.05) is 12.2 Å². The topological polar surface area (TPSA) is 82.0 Å². The molecule has 0 saturated heterocycles. The Labute approximate surface area is 130 Å². The minimum Gasteiger partial charge on any atom is -0.348 e. The molecule has 0 aliphatic heterocycles. The van der Waals surface area contributed by atoms with Gasteiger partial charge in [-0.3, -0.25) is 9.59 Å². The van der Waals surface area contributed by atoms with E-state index in [1.807, 2.05) is 6.07 Å². The maximum absolute atomic E-state index is 11.7. The van der Waals surface area contributed by atoms with Gasteiger partial charge in [-0.05, 0) is 56.4 Å². The molecule has 114 valence electrons. The molecule has 2 amide bonds. The monoisotopic (exact) mass is 297 g/mol. The third kappa shape index (κ3) is 4.74. The molecule has 5 nitrogen and oxygen atoms in total. The molecule has 1 aromatic carbocycles. The molecule has 1 aliphatic carbocycles. The summed E-state index contributed by atoms with van der Waals surface area (Å²) in [7, 11) is 0. The van der Waals surface area contributed by atoms with Crippen LogP contribution in [-0.4, -0.2) is 18.4 Å². The second-order valence-corrected chi connectivity index (χ2v) is 5.26. The SMILES string of the molecule is N#Cc1ccc(NC(=O)C(=O)NCCC2=CCCCC2)cc1. The van der Waals surface area contributed by atoms with E-state index in [0.717, 1.165) is 19.3 Å². The van der Waals surface area contributed by atoms with Crippen molar-refractivity contribution < 1.29 is 9.59 Å². The molecule has 22 heavy (non-hydrogen) atoms. The molecule has 1 aliphatic rings. The second-order valence-electron chi connectivity index (χ2n) is 5.26. The summed E-state index contributed by atoms with van der Waals surface area (Å²) in [5.41, 5.74) is 2.36. The summed E-state index contributed by atoms with van der Waals surface area (Å²) in [6.07, 6.45) is 7.68. The quantitative estimate of drug-likeness (QED) is 0.661. The van der Waals surface area contributed by atoms with Crippen LogP contribution in [-0.2, 0) is 9.59 Å². The van der Waals surface area contributed by atoms with Crippen LogP contribution in [0.1, 0.15) is 37.7 Å². The second kappa shape index (κ2) is 7.99. The highest BCUT2D eigenvalue weighted by atomic mass is 16.2. The number of anilines is 1. The Morgan fingerprint density at radius 1 is 1.14 bits per heavy atom. The molecule has 0 heterocycles. The van der Waals surface area contributed by atoms with Gasteiger partial charge in [-0.25, -0.2) is 0 Å². The molecule has 1 aromatic rings. The van der Waals surface area contributed by atoms with Crippen LogP contribution in [0.4, 0.5) is 5.69 Å². The molecule has 0 aromatic heterocycles. The molecular formula is C17H19N3O2. The number of hydrogen-bond donors (Lipinski definition) is 2. The number of carbonyl (C=O) groups excluding carboxylic acids is 2. The van der Waals surface area contributed by atoms with Gasteiger partial charge in [-0.15, -0.1) is 0 Å². The van der Waals surface area contributed by atoms with Crippen molar-refractivity contribution in [3.05, 3.63) is 41.5 Å². The van der Waals surface area contributed by atoms with E-state index in [9.17, 15) is 9.59 Å². The molecule has 2 N–H and O–H groups in total. The number of nitrogens with one attached hydrogen (secondary N) is 2. The molecule has 5 heteroatoms. The zero-order valence-corrected chi connectivity index (χ0v) is 12.4. The minimum absolute atomic E-state index is 0.478. The lowest BCUT2D eigenvalue weighted by atomic mass is 9.97. The molecule has 2 rings (SSSR count). The van der Waals surface area contributed by atoms with Crippen molar-refractivity contribution in [2.75, 3.05) is 11.9 Å². The molecule has 0 radical (unpaired) electrons. The van der Waals surface area contributed by atoms with Crippen molar-refractivity contribution in [3.63, 3.8) is 0 Å². The summed E-state index contributed by atoms with van der Waals surface area (Å²) in [5, 5.41) is 13.8. The number of benzene rings is 1. The number of allylic oxidation sites excluding steroid dienone is 1. The Morgan fingerprint density at radius 3 is 2.55 bits per heavy atom. The van der Waals surface area contributed by atoms with Gasteiger partial charge >= 0.3 is 11.8 Å². The molecule has 0 bridgehead atoms. The van der Waals surface area contributed by atoms with Crippen molar-refractivity contribution in [3.8, 4) is 6.07 Å². The molecule has 0 atom stereocenters. The molecule has 0 spiro atoms. The summed E-state index contributed by atoms with van der Waals surface area (Å²) in [4.78, 5) is 23.5. The molecule has 0 fully saturated rings.